The van der Waals surface area contributed by atoms with Crippen molar-refractivity contribution in [2.75, 3.05) is 12.1 Å². The fraction of sp³-hybridized carbons (Fsp3) is 0.105. The smallest absolute Gasteiger partial charge is 0.269 e. The molecule has 2 aromatic heterocycles. The topological polar surface area (TPSA) is 84.8 Å². The van der Waals surface area contributed by atoms with Crippen LogP contribution < -0.4 is 20.3 Å². The summed E-state index contributed by atoms with van der Waals surface area (Å²) in [4.78, 5) is 28.6. The van der Waals surface area contributed by atoms with Gasteiger partial charge in [0.05, 0.1) is 10.9 Å². The number of ether oxygens (including phenoxy) is 2. The number of hydrogen-bond acceptors (Lipinski definition) is 6. The van der Waals surface area contributed by atoms with Gasteiger partial charge in [-0.1, -0.05) is 29.0 Å². The fourth-order valence-corrected chi connectivity index (χ4v) is 4.44. The number of nitrogens with one attached hydrogen (secondary N) is 2. The number of carbonyl (C=O) groups is 1. The molecule has 0 saturated carbocycles. The highest BCUT2D eigenvalue weighted by Gasteiger charge is 2.21. The third-order valence-electron chi connectivity index (χ3n) is 4.53. The van der Waals surface area contributed by atoms with E-state index in [0.717, 1.165) is 16.9 Å². The van der Waals surface area contributed by atoms with Crippen molar-refractivity contribution in [2.24, 2.45) is 0 Å². The van der Waals surface area contributed by atoms with Crippen LogP contribution in [0.15, 0.2) is 41.2 Å². The second-order valence-electron chi connectivity index (χ2n) is 6.38. The lowest BCUT2D eigenvalue weighted by Crippen LogP contribution is -2.15. The summed E-state index contributed by atoms with van der Waals surface area (Å²) in [5.74, 6) is 0.716. The Morgan fingerprint density at radius 2 is 1.93 bits per heavy atom. The van der Waals surface area contributed by atoms with Crippen LogP contribution in [0.2, 0.25) is 0 Å². The Morgan fingerprint density at radius 3 is 2.68 bits per heavy atom. The van der Waals surface area contributed by atoms with Gasteiger partial charge >= 0.3 is 0 Å². The number of nitrogens with zero attached hydrogens (tertiary/aromatic N) is 1. The number of thiazole rings is 1. The van der Waals surface area contributed by atoms with Crippen molar-refractivity contribution < 1.29 is 14.3 Å². The minimum absolute atomic E-state index is 0.103. The van der Waals surface area contributed by atoms with Crippen LogP contribution in [0.4, 0.5) is 5.69 Å². The van der Waals surface area contributed by atoms with Crippen molar-refractivity contribution >= 4 is 51.7 Å². The number of H-pyrrole nitrogens is 1. The summed E-state index contributed by atoms with van der Waals surface area (Å²) in [7, 11) is 0. The van der Waals surface area contributed by atoms with E-state index in [0.29, 0.717) is 42.6 Å². The summed E-state index contributed by atoms with van der Waals surface area (Å²) >= 11 is 6.62. The van der Waals surface area contributed by atoms with Gasteiger partial charge in [-0.05, 0) is 37.3 Å². The molecule has 2 N–H and O–H groups in total. The van der Waals surface area contributed by atoms with E-state index in [9.17, 15) is 9.59 Å². The van der Waals surface area contributed by atoms with Gasteiger partial charge < -0.3 is 19.8 Å². The fourth-order valence-electron chi connectivity index (χ4n) is 3.16. The number of rotatable bonds is 2. The summed E-state index contributed by atoms with van der Waals surface area (Å²) in [6.45, 7) is 2.08. The third-order valence-corrected chi connectivity index (χ3v) is 5.91. The van der Waals surface area contributed by atoms with Gasteiger partial charge in [0.1, 0.15) is 10.5 Å². The molecule has 0 radical (unpaired) electrons. The molecule has 0 fully saturated rings. The van der Waals surface area contributed by atoms with E-state index in [-0.39, 0.29) is 18.3 Å². The lowest BCUT2D eigenvalue weighted by Gasteiger charge is -2.06. The number of carbonyl (C=O) groups excluding carboxylic acids is 1. The lowest BCUT2D eigenvalue weighted by molar-refractivity contribution is 0.103. The van der Waals surface area contributed by atoms with E-state index in [2.05, 4.69) is 10.3 Å². The predicted octanol–water partition coefficient (Wildman–Crippen LogP) is 3.86. The van der Waals surface area contributed by atoms with Crippen molar-refractivity contribution in [1.82, 2.24) is 9.38 Å². The van der Waals surface area contributed by atoms with Crippen LogP contribution in [0.3, 0.4) is 0 Å². The van der Waals surface area contributed by atoms with Crippen LogP contribution in [-0.2, 0) is 0 Å². The van der Waals surface area contributed by atoms with Crippen LogP contribution >= 0.6 is 23.6 Å². The van der Waals surface area contributed by atoms with Gasteiger partial charge in [-0.3, -0.25) is 14.0 Å². The van der Waals surface area contributed by atoms with Crippen molar-refractivity contribution in [1.29, 1.82) is 0 Å². The van der Waals surface area contributed by atoms with Gasteiger partial charge in [0, 0.05) is 11.8 Å². The van der Waals surface area contributed by atoms with Gasteiger partial charge in [-0.2, -0.15) is 0 Å². The highest BCUT2D eigenvalue weighted by atomic mass is 32.1. The third kappa shape index (κ3) is 2.59. The molecule has 1 aliphatic heterocycles. The first-order valence-electron chi connectivity index (χ1n) is 8.40. The molecule has 0 aliphatic carbocycles. The molecule has 0 atom stereocenters. The Hall–Kier alpha value is -3.17. The molecule has 0 unspecified atom stereocenters. The highest BCUT2D eigenvalue weighted by molar-refractivity contribution is 7.73. The van der Waals surface area contributed by atoms with Crippen LogP contribution in [0.1, 0.15) is 15.2 Å². The molecule has 7 nitrogen and oxygen atoms in total. The van der Waals surface area contributed by atoms with Gasteiger partial charge in [0.15, 0.2) is 15.5 Å². The van der Waals surface area contributed by atoms with E-state index in [1.807, 2.05) is 31.2 Å². The summed E-state index contributed by atoms with van der Waals surface area (Å²) < 4.78 is 12.9. The zero-order valence-corrected chi connectivity index (χ0v) is 16.2. The zero-order chi connectivity index (χ0) is 19.4. The standard InChI is InChI=1S/C19H13N3O4S2/c1-9-2-4-10(5-3-9)20-18(24)15-16-21-17(23)11-6-13-14(26-8-25-13)7-12(11)22(16)19(27)28-15/h2-7H,8H2,1H3,(H,20,24)(H,21,23). The molecule has 5 rings (SSSR count). The molecule has 3 heterocycles. The Morgan fingerprint density at radius 1 is 1.21 bits per heavy atom. The van der Waals surface area contributed by atoms with E-state index in [1.165, 1.54) is 0 Å². The first-order valence-corrected chi connectivity index (χ1v) is 9.63. The Labute approximate surface area is 167 Å². The summed E-state index contributed by atoms with van der Waals surface area (Å²) in [6, 6.07) is 10.8. The maximum Gasteiger partial charge on any atom is 0.269 e. The van der Waals surface area contributed by atoms with Gasteiger partial charge in [-0.25, -0.2) is 0 Å². The number of anilines is 1. The summed E-state index contributed by atoms with van der Waals surface area (Å²) in [5, 5.41) is 3.26. The Balaban J connectivity index is 1.69. The number of fused-ring (bicyclic) bond motifs is 4. The molecule has 0 saturated heterocycles. The van der Waals surface area contributed by atoms with E-state index < -0.39 is 0 Å². The van der Waals surface area contributed by atoms with Crippen LogP contribution in [0.25, 0.3) is 16.6 Å². The number of aromatic nitrogens is 2. The SMILES string of the molecule is Cc1ccc(NC(=O)c2sc(=S)n3c2[nH]c(=O)c2cc4c(cc23)OCO4)cc1. The molecule has 4 aromatic rings. The van der Waals surface area contributed by atoms with Crippen LogP contribution in [0.5, 0.6) is 11.5 Å². The maximum atomic E-state index is 12.8. The molecule has 1 amide bonds. The number of aromatic amines is 1. The van der Waals surface area contributed by atoms with Gasteiger partial charge in [0.25, 0.3) is 11.5 Å². The molecule has 2 aromatic carbocycles. The maximum absolute atomic E-state index is 12.8. The molecular formula is C19H13N3O4S2. The molecule has 0 bridgehead atoms. The second-order valence-corrected chi connectivity index (χ2v) is 8.02. The Bertz CT molecular complexity index is 1380. The highest BCUT2D eigenvalue weighted by Crippen LogP contribution is 2.36. The van der Waals surface area contributed by atoms with E-state index in [1.54, 1.807) is 16.5 Å². The average Bonchev–Trinajstić information content (AvgIpc) is 3.26. The second kappa shape index (κ2) is 6.18. The number of amides is 1. The summed E-state index contributed by atoms with van der Waals surface area (Å²) in [5.41, 5.74) is 2.36. The van der Waals surface area contributed by atoms with Crippen molar-refractivity contribution in [3.63, 3.8) is 0 Å². The molecular weight excluding hydrogens is 398 g/mol. The normalized spacial score (nSPS) is 12.6. The number of aryl methyl sites for hydroxylation is 1. The molecule has 140 valence electrons. The van der Waals surface area contributed by atoms with Crippen LogP contribution in [0, 0.1) is 10.9 Å². The molecule has 1 aliphatic rings. The van der Waals surface area contributed by atoms with Gasteiger partial charge in [0.2, 0.25) is 6.79 Å². The van der Waals surface area contributed by atoms with Crippen molar-refractivity contribution in [3.05, 3.63) is 61.1 Å². The number of benzene rings is 2. The number of hydrogen-bond donors (Lipinski definition) is 2. The lowest BCUT2D eigenvalue weighted by atomic mass is 10.2. The molecule has 28 heavy (non-hydrogen) atoms. The molecule has 0 spiro atoms. The quantitative estimate of drug-likeness (QED) is 0.489. The van der Waals surface area contributed by atoms with Gasteiger partial charge in [-0.15, -0.1) is 0 Å². The zero-order valence-electron chi connectivity index (χ0n) is 14.6. The molecule has 9 heteroatoms. The van der Waals surface area contributed by atoms with E-state index >= 15 is 0 Å². The first-order chi connectivity index (χ1) is 13.5. The predicted molar refractivity (Wildman–Crippen MR) is 109 cm³/mol. The first kappa shape index (κ1) is 17.0. The minimum Gasteiger partial charge on any atom is -0.454 e. The van der Waals surface area contributed by atoms with Crippen molar-refractivity contribution in [2.45, 2.75) is 6.92 Å². The average molecular weight is 411 g/mol. The Kier molecular flexibility index (Phi) is 3.74. The van der Waals surface area contributed by atoms with Crippen LogP contribution in [-0.4, -0.2) is 22.1 Å². The van der Waals surface area contributed by atoms with Crippen molar-refractivity contribution in [3.8, 4) is 11.5 Å². The van der Waals surface area contributed by atoms with E-state index in [4.69, 9.17) is 21.7 Å². The summed E-state index contributed by atoms with van der Waals surface area (Å²) in [6.07, 6.45) is 0. The monoisotopic (exact) mass is 411 g/mol. The largest absolute Gasteiger partial charge is 0.454 e. The minimum atomic E-state index is -0.335.